The second kappa shape index (κ2) is 8.35. The fraction of sp³-hybridized carbons (Fsp3) is 0.467. The molecule has 2 heterocycles. The fourth-order valence-corrected chi connectivity index (χ4v) is 3.13. The van der Waals surface area contributed by atoms with Crippen molar-refractivity contribution < 1.29 is 0 Å². The van der Waals surface area contributed by atoms with E-state index in [1.165, 1.54) is 23.4 Å². The molecule has 0 bridgehead atoms. The molecule has 0 aliphatic heterocycles. The highest BCUT2D eigenvalue weighted by molar-refractivity contribution is 7.09. The number of hydrogen-bond acceptors (Lipinski definition) is 4. The van der Waals surface area contributed by atoms with Crippen LogP contribution in [0.15, 0.2) is 29.9 Å². The smallest absolute Gasteiger partial charge is 0.0928 e. The fourth-order valence-electron chi connectivity index (χ4n) is 2.06. The van der Waals surface area contributed by atoms with Gasteiger partial charge in [-0.05, 0) is 50.6 Å². The molecule has 20 heavy (non-hydrogen) atoms. The Morgan fingerprint density at radius 1 is 1.25 bits per heavy atom. The molecule has 2 aromatic heterocycles. The lowest BCUT2D eigenvalue weighted by Crippen LogP contribution is -2.19. The summed E-state index contributed by atoms with van der Waals surface area (Å²) in [6.07, 6.45) is 7.12. The van der Waals surface area contributed by atoms with Gasteiger partial charge in [0.25, 0.3) is 0 Å². The minimum Gasteiger partial charge on any atom is -0.302 e. The van der Waals surface area contributed by atoms with Crippen LogP contribution in [0.25, 0.3) is 0 Å². The van der Waals surface area contributed by atoms with Crippen molar-refractivity contribution in [2.75, 3.05) is 13.6 Å². The van der Waals surface area contributed by atoms with Gasteiger partial charge in [0.1, 0.15) is 0 Å². The van der Waals surface area contributed by atoms with Crippen LogP contribution in [-0.4, -0.2) is 28.5 Å². The third kappa shape index (κ3) is 5.19. The van der Waals surface area contributed by atoms with E-state index in [1.54, 1.807) is 11.3 Å². The molecule has 0 saturated heterocycles. The number of hydrogen-bond donors (Lipinski definition) is 0. The predicted octanol–water partition coefficient (Wildman–Crippen LogP) is 3.73. The van der Waals surface area contributed by atoms with Gasteiger partial charge in [0.2, 0.25) is 0 Å². The minimum absolute atomic E-state index is 0.519. The predicted molar refractivity (Wildman–Crippen MR) is 85.2 cm³/mol. The van der Waals surface area contributed by atoms with E-state index in [1.807, 2.05) is 12.4 Å². The number of aryl methyl sites for hydroxylation is 1. The summed E-state index contributed by atoms with van der Waals surface area (Å²) in [6, 6.07) is 4.14. The Morgan fingerprint density at radius 3 is 2.75 bits per heavy atom. The highest BCUT2D eigenvalue weighted by Crippen LogP contribution is 2.14. The molecule has 2 rings (SSSR count). The van der Waals surface area contributed by atoms with Crippen molar-refractivity contribution >= 4 is 22.9 Å². The van der Waals surface area contributed by atoms with Gasteiger partial charge in [0.15, 0.2) is 0 Å². The molecule has 0 N–H and O–H groups in total. The topological polar surface area (TPSA) is 29.0 Å². The van der Waals surface area contributed by atoms with Crippen molar-refractivity contribution in [1.82, 2.24) is 14.9 Å². The Labute approximate surface area is 129 Å². The first kappa shape index (κ1) is 15.4. The van der Waals surface area contributed by atoms with Gasteiger partial charge in [-0.15, -0.1) is 22.9 Å². The molecule has 108 valence electrons. The number of aromatic nitrogens is 2. The maximum absolute atomic E-state index is 5.75. The van der Waals surface area contributed by atoms with Crippen LogP contribution in [0.5, 0.6) is 0 Å². The lowest BCUT2D eigenvalue weighted by Gasteiger charge is -2.16. The van der Waals surface area contributed by atoms with Gasteiger partial charge in [-0.25, -0.2) is 4.98 Å². The van der Waals surface area contributed by atoms with E-state index < -0.39 is 0 Å². The molecule has 2 aromatic rings. The van der Waals surface area contributed by atoms with Gasteiger partial charge in [0.05, 0.1) is 16.6 Å². The summed E-state index contributed by atoms with van der Waals surface area (Å²) in [4.78, 5) is 10.9. The molecule has 0 amide bonds. The van der Waals surface area contributed by atoms with Crippen molar-refractivity contribution in [3.63, 3.8) is 0 Å². The second-order valence-corrected chi connectivity index (χ2v) is 6.13. The zero-order valence-electron chi connectivity index (χ0n) is 11.8. The summed E-state index contributed by atoms with van der Waals surface area (Å²) in [5.74, 6) is 0.519. The molecule has 5 heteroatoms. The first-order valence-electron chi connectivity index (χ1n) is 6.84. The molecule has 0 aromatic carbocycles. The number of rotatable bonds is 8. The molecule has 0 saturated carbocycles. The van der Waals surface area contributed by atoms with Crippen LogP contribution in [-0.2, 0) is 18.8 Å². The highest BCUT2D eigenvalue weighted by atomic mass is 35.5. The van der Waals surface area contributed by atoms with Crippen molar-refractivity contribution in [2.45, 2.75) is 31.7 Å². The van der Waals surface area contributed by atoms with Gasteiger partial charge in [-0.3, -0.25) is 4.98 Å². The number of unbranched alkanes of at least 4 members (excludes halogenated alkanes) is 1. The van der Waals surface area contributed by atoms with Crippen LogP contribution in [0.2, 0.25) is 0 Å². The lowest BCUT2D eigenvalue weighted by molar-refractivity contribution is 0.318. The van der Waals surface area contributed by atoms with E-state index in [0.717, 1.165) is 25.2 Å². The maximum atomic E-state index is 5.75. The van der Waals surface area contributed by atoms with Gasteiger partial charge in [-0.2, -0.15) is 0 Å². The van der Waals surface area contributed by atoms with E-state index in [0.29, 0.717) is 5.88 Å². The second-order valence-electron chi connectivity index (χ2n) is 4.92. The molecular weight excluding hydrogens is 290 g/mol. The van der Waals surface area contributed by atoms with Crippen LogP contribution in [0.1, 0.15) is 29.1 Å². The molecule has 0 aliphatic rings. The van der Waals surface area contributed by atoms with E-state index in [9.17, 15) is 0 Å². The van der Waals surface area contributed by atoms with Crippen molar-refractivity contribution in [1.29, 1.82) is 0 Å². The van der Waals surface area contributed by atoms with E-state index in [4.69, 9.17) is 11.6 Å². The molecule has 0 atom stereocenters. The average molecular weight is 310 g/mol. The van der Waals surface area contributed by atoms with Gasteiger partial charge in [-0.1, -0.05) is 0 Å². The third-order valence-electron chi connectivity index (χ3n) is 3.12. The number of pyridine rings is 1. The molecule has 0 spiro atoms. The number of nitrogens with zero attached hydrogens (tertiary/aromatic N) is 3. The maximum Gasteiger partial charge on any atom is 0.0928 e. The van der Waals surface area contributed by atoms with Crippen molar-refractivity contribution in [3.8, 4) is 0 Å². The summed E-state index contributed by atoms with van der Waals surface area (Å²) >= 11 is 7.47. The quantitative estimate of drug-likeness (QED) is 0.549. The first-order valence-corrected chi connectivity index (χ1v) is 8.26. The minimum atomic E-state index is 0.519. The molecule has 0 fully saturated rings. The van der Waals surface area contributed by atoms with Gasteiger partial charge in [0, 0.05) is 24.3 Å². The number of alkyl halides is 1. The monoisotopic (exact) mass is 309 g/mol. The Bertz CT molecular complexity index is 501. The summed E-state index contributed by atoms with van der Waals surface area (Å²) in [5, 5.41) is 3.26. The van der Waals surface area contributed by atoms with Crippen molar-refractivity contribution in [3.05, 3.63) is 46.2 Å². The standard InChI is InChI=1S/C15H20ClN3S/c1-19(11-13-5-7-17-8-6-13)9-3-2-4-15-18-14(10-16)12-20-15/h5-8,12H,2-4,9-11H2,1H3. The zero-order valence-corrected chi connectivity index (χ0v) is 13.3. The molecule has 0 radical (unpaired) electrons. The highest BCUT2D eigenvalue weighted by Gasteiger charge is 2.03. The normalized spacial score (nSPS) is 11.2. The molecule has 3 nitrogen and oxygen atoms in total. The average Bonchev–Trinajstić information content (AvgIpc) is 2.93. The Kier molecular flexibility index (Phi) is 6.43. The summed E-state index contributed by atoms with van der Waals surface area (Å²) in [7, 11) is 2.16. The van der Waals surface area contributed by atoms with E-state index in [2.05, 4.69) is 39.4 Å². The lowest BCUT2D eigenvalue weighted by atomic mass is 10.2. The SMILES string of the molecule is CN(CCCCc1nc(CCl)cs1)Cc1ccncc1. The summed E-state index contributed by atoms with van der Waals surface area (Å²) in [5.41, 5.74) is 2.32. The number of thiazole rings is 1. The number of halogens is 1. The molecule has 0 unspecified atom stereocenters. The van der Waals surface area contributed by atoms with Crippen LogP contribution >= 0.6 is 22.9 Å². The summed E-state index contributed by atoms with van der Waals surface area (Å²) in [6.45, 7) is 2.09. The largest absolute Gasteiger partial charge is 0.302 e. The first-order chi connectivity index (χ1) is 9.78. The third-order valence-corrected chi connectivity index (χ3v) is 4.35. The van der Waals surface area contributed by atoms with Crippen LogP contribution in [0, 0.1) is 0 Å². The Hall–Kier alpha value is -0.970. The van der Waals surface area contributed by atoms with Crippen LogP contribution in [0.4, 0.5) is 0 Å². The van der Waals surface area contributed by atoms with E-state index >= 15 is 0 Å². The van der Waals surface area contributed by atoms with Crippen molar-refractivity contribution in [2.24, 2.45) is 0 Å². The Morgan fingerprint density at radius 2 is 2.05 bits per heavy atom. The van der Waals surface area contributed by atoms with E-state index in [-0.39, 0.29) is 0 Å². The van der Waals surface area contributed by atoms with Gasteiger partial charge < -0.3 is 4.90 Å². The van der Waals surface area contributed by atoms with Crippen LogP contribution in [0.3, 0.4) is 0 Å². The Balaban J connectivity index is 1.63. The van der Waals surface area contributed by atoms with Gasteiger partial charge >= 0.3 is 0 Å². The zero-order chi connectivity index (χ0) is 14.2. The molecular formula is C15H20ClN3S. The summed E-state index contributed by atoms with van der Waals surface area (Å²) < 4.78 is 0. The van der Waals surface area contributed by atoms with Crippen LogP contribution < -0.4 is 0 Å². The molecule has 0 aliphatic carbocycles.